The van der Waals surface area contributed by atoms with Crippen LogP contribution >= 0.6 is 0 Å². The number of carbonyl (C=O) groups is 1. The Bertz CT molecular complexity index is 619. The van der Waals surface area contributed by atoms with Crippen molar-refractivity contribution < 1.29 is 9.53 Å². The minimum absolute atomic E-state index is 0.0553. The van der Waals surface area contributed by atoms with Crippen molar-refractivity contribution in [3.8, 4) is 0 Å². The number of ether oxygens (including phenoxy) is 1. The largest absolute Gasteiger partial charge is 0.378 e. The Morgan fingerprint density at radius 2 is 2.00 bits per heavy atom. The van der Waals surface area contributed by atoms with Crippen molar-refractivity contribution in [2.24, 2.45) is 0 Å². The van der Waals surface area contributed by atoms with E-state index in [1.165, 1.54) is 0 Å². The number of rotatable bonds is 2. The Labute approximate surface area is 112 Å². The van der Waals surface area contributed by atoms with E-state index in [9.17, 15) is 4.79 Å². The summed E-state index contributed by atoms with van der Waals surface area (Å²) in [4.78, 5) is 18.7. The number of para-hydroxylation sites is 1. The molecule has 4 heteroatoms. The van der Waals surface area contributed by atoms with Crippen LogP contribution in [0.1, 0.15) is 17.3 Å². The van der Waals surface area contributed by atoms with Gasteiger partial charge in [-0.3, -0.25) is 4.79 Å². The number of ketones is 1. The molecule has 1 aromatic heterocycles. The minimum Gasteiger partial charge on any atom is -0.378 e. The van der Waals surface area contributed by atoms with Gasteiger partial charge < -0.3 is 9.64 Å². The van der Waals surface area contributed by atoms with Gasteiger partial charge in [0.1, 0.15) is 5.82 Å². The second-order valence-electron chi connectivity index (χ2n) is 4.71. The molecule has 0 unspecified atom stereocenters. The number of aromatic nitrogens is 1. The van der Waals surface area contributed by atoms with E-state index in [0.29, 0.717) is 18.8 Å². The maximum absolute atomic E-state index is 11.9. The summed E-state index contributed by atoms with van der Waals surface area (Å²) < 4.78 is 5.35. The molecule has 0 N–H and O–H groups in total. The van der Waals surface area contributed by atoms with Crippen LogP contribution in [-0.4, -0.2) is 37.1 Å². The van der Waals surface area contributed by atoms with Crippen molar-refractivity contribution in [1.82, 2.24) is 4.98 Å². The Balaban J connectivity index is 2.14. The van der Waals surface area contributed by atoms with Crippen molar-refractivity contribution in [3.63, 3.8) is 0 Å². The van der Waals surface area contributed by atoms with Crippen LogP contribution in [0.4, 0.5) is 5.82 Å². The maximum atomic E-state index is 11.9. The lowest BCUT2D eigenvalue weighted by atomic mass is 10.1. The summed E-state index contributed by atoms with van der Waals surface area (Å²) in [6.45, 7) is 4.53. The van der Waals surface area contributed by atoms with E-state index in [0.717, 1.165) is 29.8 Å². The van der Waals surface area contributed by atoms with Crippen LogP contribution in [0.15, 0.2) is 30.3 Å². The highest BCUT2D eigenvalue weighted by molar-refractivity contribution is 6.02. The summed E-state index contributed by atoms with van der Waals surface area (Å²) >= 11 is 0. The normalized spacial score (nSPS) is 15.7. The first-order valence-corrected chi connectivity index (χ1v) is 6.49. The van der Waals surface area contributed by atoms with E-state index < -0.39 is 0 Å². The molecule has 0 amide bonds. The van der Waals surface area contributed by atoms with Gasteiger partial charge in [0.05, 0.1) is 24.3 Å². The van der Waals surface area contributed by atoms with Crippen LogP contribution in [0, 0.1) is 0 Å². The van der Waals surface area contributed by atoms with Crippen LogP contribution in [0.2, 0.25) is 0 Å². The fourth-order valence-corrected chi connectivity index (χ4v) is 2.38. The average Bonchev–Trinajstić information content (AvgIpc) is 2.46. The highest BCUT2D eigenvalue weighted by Gasteiger charge is 2.19. The van der Waals surface area contributed by atoms with E-state index >= 15 is 0 Å². The molecule has 0 saturated carbocycles. The molecule has 1 aromatic carbocycles. The molecule has 1 fully saturated rings. The number of anilines is 1. The van der Waals surface area contributed by atoms with Crippen LogP contribution in [0.5, 0.6) is 0 Å². The predicted octanol–water partition coefficient (Wildman–Crippen LogP) is 2.27. The zero-order valence-electron chi connectivity index (χ0n) is 10.9. The predicted molar refractivity (Wildman–Crippen MR) is 74.8 cm³/mol. The van der Waals surface area contributed by atoms with E-state index in [2.05, 4.69) is 9.88 Å². The van der Waals surface area contributed by atoms with E-state index in [1.54, 1.807) is 6.92 Å². The molecule has 1 aliphatic rings. The summed E-state index contributed by atoms with van der Waals surface area (Å²) in [5.41, 5.74) is 1.62. The molecule has 2 heterocycles. The molecule has 2 aromatic rings. The fourth-order valence-electron chi connectivity index (χ4n) is 2.38. The van der Waals surface area contributed by atoms with Gasteiger partial charge >= 0.3 is 0 Å². The lowest BCUT2D eigenvalue weighted by molar-refractivity contribution is 0.101. The number of Topliss-reactive ketones (excluding diaryl/α,β-unsaturated/α-hetero) is 1. The number of nitrogens with zero attached hydrogens (tertiary/aromatic N) is 2. The molecular formula is C15H16N2O2. The number of carbonyl (C=O) groups excluding carboxylic acids is 1. The highest BCUT2D eigenvalue weighted by atomic mass is 16.5. The maximum Gasteiger partial charge on any atom is 0.163 e. The first-order chi connectivity index (χ1) is 9.25. The van der Waals surface area contributed by atoms with Gasteiger partial charge in [-0.25, -0.2) is 4.98 Å². The SMILES string of the molecule is CC(=O)c1cc2ccccc2nc1N1CCOCC1. The number of pyridine rings is 1. The number of benzene rings is 1. The molecule has 1 aliphatic heterocycles. The summed E-state index contributed by atoms with van der Waals surface area (Å²) in [5, 5.41) is 1.00. The first-order valence-electron chi connectivity index (χ1n) is 6.49. The van der Waals surface area contributed by atoms with Crippen LogP contribution in [0.3, 0.4) is 0 Å². The highest BCUT2D eigenvalue weighted by Crippen LogP contribution is 2.24. The standard InChI is InChI=1S/C15H16N2O2/c1-11(18)13-10-12-4-2-3-5-14(12)16-15(13)17-6-8-19-9-7-17/h2-5,10H,6-9H2,1H3. The van der Waals surface area contributed by atoms with Gasteiger partial charge in [0.15, 0.2) is 5.78 Å². The Morgan fingerprint density at radius 1 is 1.26 bits per heavy atom. The summed E-state index contributed by atoms with van der Waals surface area (Å²) in [6, 6.07) is 9.82. The van der Waals surface area contributed by atoms with Gasteiger partial charge in [0, 0.05) is 18.5 Å². The fraction of sp³-hybridized carbons (Fsp3) is 0.333. The van der Waals surface area contributed by atoms with Crippen molar-refractivity contribution in [2.45, 2.75) is 6.92 Å². The quantitative estimate of drug-likeness (QED) is 0.773. The van der Waals surface area contributed by atoms with Gasteiger partial charge in [-0.15, -0.1) is 0 Å². The van der Waals surface area contributed by atoms with Gasteiger partial charge in [-0.1, -0.05) is 18.2 Å². The second-order valence-corrected chi connectivity index (χ2v) is 4.71. The van der Waals surface area contributed by atoms with E-state index in [1.807, 2.05) is 30.3 Å². The second kappa shape index (κ2) is 4.97. The van der Waals surface area contributed by atoms with Gasteiger partial charge in [0.25, 0.3) is 0 Å². The number of hydrogen-bond donors (Lipinski definition) is 0. The third-order valence-electron chi connectivity index (χ3n) is 3.39. The molecular weight excluding hydrogens is 240 g/mol. The van der Waals surface area contributed by atoms with Gasteiger partial charge in [0.2, 0.25) is 0 Å². The molecule has 1 saturated heterocycles. The van der Waals surface area contributed by atoms with Crippen LogP contribution in [0.25, 0.3) is 10.9 Å². The minimum atomic E-state index is 0.0553. The van der Waals surface area contributed by atoms with Crippen molar-refractivity contribution >= 4 is 22.5 Å². The zero-order valence-corrected chi connectivity index (χ0v) is 10.9. The lowest BCUT2D eigenvalue weighted by Gasteiger charge is -2.29. The lowest BCUT2D eigenvalue weighted by Crippen LogP contribution is -2.37. The smallest absolute Gasteiger partial charge is 0.163 e. The number of fused-ring (bicyclic) bond motifs is 1. The molecule has 0 aliphatic carbocycles. The van der Waals surface area contributed by atoms with Crippen LogP contribution < -0.4 is 4.90 Å². The molecule has 19 heavy (non-hydrogen) atoms. The van der Waals surface area contributed by atoms with Crippen molar-refractivity contribution in [2.75, 3.05) is 31.2 Å². The Morgan fingerprint density at radius 3 is 2.74 bits per heavy atom. The molecule has 3 rings (SSSR count). The monoisotopic (exact) mass is 256 g/mol. The number of morpholine rings is 1. The first kappa shape index (κ1) is 12.1. The van der Waals surface area contributed by atoms with Crippen LogP contribution in [-0.2, 0) is 4.74 Å². The van der Waals surface area contributed by atoms with E-state index in [-0.39, 0.29) is 5.78 Å². The zero-order chi connectivity index (χ0) is 13.2. The Hall–Kier alpha value is -1.94. The van der Waals surface area contributed by atoms with Crippen molar-refractivity contribution in [3.05, 3.63) is 35.9 Å². The third kappa shape index (κ3) is 2.31. The van der Waals surface area contributed by atoms with Crippen molar-refractivity contribution in [1.29, 1.82) is 0 Å². The molecule has 98 valence electrons. The number of hydrogen-bond acceptors (Lipinski definition) is 4. The molecule has 0 radical (unpaired) electrons. The molecule has 0 atom stereocenters. The van der Waals surface area contributed by atoms with Gasteiger partial charge in [-0.2, -0.15) is 0 Å². The summed E-state index contributed by atoms with van der Waals surface area (Å²) in [7, 11) is 0. The van der Waals surface area contributed by atoms with E-state index in [4.69, 9.17) is 4.74 Å². The third-order valence-corrected chi connectivity index (χ3v) is 3.39. The topological polar surface area (TPSA) is 42.4 Å². The van der Waals surface area contributed by atoms with Gasteiger partial charge in [-0.05, 0) is 19.1 Å². The summed E-state index contributed by atoms with van der Waals surface area (Å²) in [5.74, 6) is 0.842. The average molecular weight is 256 g/mol. The molecule has 0 bridgehead atoms. The molecule has 0 spiro atoms. The Kier molecular flexibility index (Phi) is 3.17. The summed E-state index contributed by atoms with van der Waals surface area (Å²) in [6.07, 6.45) is 0. The molecule has 4 nitrogen and oxygen atoms in total.